The van der Waals surface area contributed by atoms with Gasteiger partial charge in [-0.3, -0.25) is 9.59 Å². The molecule has 0 spiro atoms. The maximum Gasteiger partial charge on any atom is 0.303 e. The summed E-state index contributed by atoms with van der Waals surface area (Å²) in [6.07, 6.45) is 3.00. The van der Waals surface area contributed by atoms with Crippen LogP contribution in [0.25, 0.3) is 0 Å². The van der Waals surface area contributed by atoms with E-state index in [-0.39, 0.29) is 17.7 Å². The molecule has 0 aliphatic carbocycles. The van der Waals surface area contributed by atoms with Crippen molar-refractivity contribution in [3.63, 3.8) is 0 Å². The monoisotopic (exact) mass is 286 g/mol. The maximum absolute atomic E-state index is 12.2. The zero-order chi connectivity index (χ0) is 15.8. The van der Waals surface area contributed by atoms with Crippen LogP contribution in [0.15, 0.2) is 0 Å². The normalized spacial score (nSPS) is 12.2. The van der Waals surface area contributed by atoms with E-state index in [1.807, 2.05) is 27.7 Å². The van der Waals surface area contributed by atoms with Crippen LogP contribution in [0.5, 0.6) is 0 Å². The summed E-state index contributed by atoms with van der Waals surface area (Å²) in [6.45, 7) is 8.93. The van der Waals surface area contributed by atoms with Gasteiger partial charge in [-0.15, -0.1) is 0 Å². The minimum Gasteiger partial charge on any atom is -0.481 e. The second-order valence-corrected chi connectivity index (χ2v) is 6.26. The smallest absolute Gasteiger partial charge is 0.303 e. The molecule has 0 aromatic carbocycles. The summed E-state index contributed by atoms with van der Waals surface area (Å²) in [4.78, 5) is 22.8. The third-order valence-corrected chi connectivity index (χ3v) is 4.33. The molecular formula is C15H30N2O3. The van der Waals surface area contributed by atoms with Gasteiger partial charge < -0.3 is 16.2 Å². The molecule has 0 saturated heterocycles. The zero-order valence-electron chi connectivity index (χ0n) is 13.3. The lowest BCUT2D eigenvalue weighted by Gasteiger charge is -2.30. The van der Waals surface area contributed by atoms with Crippen molar-refractivity contribution in [2.24, 2.45) is 16.6 Å². The van der Waals surface area contributed by atoms with E-state index in [9.17, 15) is 9.59 Å². The lowest BCUT2D eigenvalue weighted by Crippen LogP contribution is -2.46. The molecule has 0 unspecified atom stereocenters. The van der Waals surface area contributed by atoms with Gasteiger partial charge in [-0.05, 0) is 31.1 Å². The Morgan fingerprint density at radius 1 is 1.15 bits per heavy atom. The van der Waals surface area contributed by atoms with Gasteiger partial charge in [0.2, 0.25) is 5.91 Å². The molecule has 1 amide bonds. The molecule has 20 heavy (non-hydrogen) atoms. The Bertz CT molecular complexity index is 315. The number of aliphatic carboxylic acids is 1. The average Bonchev–Trinajstić information content (AvgIpc) is 2.39. The molecule has 4 N–H and O–H groups in total. The Morgan fingerprint density at radius 3 is 2.10 bits per heavy atom. The summed E-state index contributed by atoms with van der Waals surface area (Å²) >= 11 is 0. The SMILES string of the molecule is CCC(CC)(CN)C(=O)NCCC(C)(C)CCC(=O)O. The Morgan fingerprint density at radius 2 is 1.70 bits per heavy atom. The second-order valence-electron chi connectivity index (χ2n) is 6.26. The van der Waals surface area contributed by atoms with Crippen LogP contribution in [-0.2, 0) is 9.59 Å². The molecule has 0 aliphatic rings. The highest BCUT2D eigenvalue weighted by Gasteiger charge is 2.33. The summed E-state index contributed by atoms with van der Waals surface area (Å²) in [7, 11) is 0. The van der Waals surface area contributed by atoms with Crippen LogP contribution in [0, 0.1) is 10.8 Å². The molecule has 0 aromatic heterocycles. The Hall–Kier alpha value is -1.10. The van der Waals surface area contributed by atoms with Crippen LogP contribution < -0.4 is 11.1 Å². The van der Waals surface area contributed by atoms with Crippen LogP contribution in [-0.4, -0.2) is 30.1 Å². The molecule has 0 atom stereocenters. The molecule has 5 heteroatoms. The second kappa shape index (κ2) is 8.25. The summed E-state index contributed by atoms with van der Waals surface area (Å²) in [5, 5.41) is 11.7. The van der Waals surface area contributed by atoms with Crippen molar-refractivity contribution in [1.82, 2.24) is 5.32 Å². The van der Waals surface area contributed by atoms with E-state index in [1.54, 1.807) is 0 Å². The van der Waals surface area contributed by atoms with E-state index >= 15 is 0 Å². The third kappa shape index (κ3) is 5.90. The summed E-state index contributed by atoms with van der Waals surface area (Å²) in [6, 6.07) is 0. The number of carbonyl (C=O) groups excluding carboxylic acids is 1. The average molecular weight is 286 g/mol. The first-order valence-corrected chi connectivity index (χ1v) is 7.43. The first-order valence-electron chi connectivity index (χ1n) is 7.43. The number of nitrogens with one attached hydrogen (secondary N) is 1. The maximum atomic E-state index is 12.2. The van der Waals surface area contributed by atoms with E-state index < -0.39 is 11.4 Å². The van der Waals surface area contributed by atoms with Gasteiger partial charge in [-0.1, -0.05) is 27.7 Å². The zero-order valence-corrected chi connectivity index (χ0v) is 13.3. The number of carboxylic acids is 1. The van der Waals surface area contributed by atoms with Crippen LogP contribution in [0.2, 0.25) is 0 Å². The predicted octanol–water partition coefficient (Wildman–Crippen LogP) is 2.15. The number of rotatable bonds is 10. The van der Waals surface area contributed by atoms with Crippen molar-refractivity contribution in [3.8, 4) is 0 Å². The molecule has 0 bridgehead atoms. The topological polar surface area (TPSA) is 92.4 Å². The standard InChI is InChI=1S/C15H30N2O3/c1-5-15(6-2,11-16)13(20)17-10-9-14(3,4)8-7-12(18)19/h5-11,16H2,1-4H3,(H,17,20)(H,18,19). The molecule has 0 radical (unpaired) electrons. The molecule has 0 heterocycles. The fourth-order valence-corrected chi connectivity index (χ4v) is 2.22. The minimum absolute atomic E-state index is 0.0130. The lowest BCUT2D eigenvalue weighted by atomic mass is 9.81. The highest BCUT2D eigenvalue weighted by molar-refractivity contribution is 5.82. The molecule has 0 saturated carbocycles. The Labute approximate surface area is 122 Å². The van der Waals surface area contributed by atoms with Crippen molar-refractivity contribution in [1.29, 1.82) is 0 Å². The summed E-state index contributed by atoms with van der Waals surface area (Å²) < 4.78 is 0. The molecule has 0 aromatic rings. The number of carboxylic acid groups (broad SMARTS) is 1. The molecule has 0 aliphatic heterocycles. The van der Waals surface area contributed by atoms with Crippen molar-refractivity contribution < 1.29 is 14.7 Å². The van der Waals surface area contributed by atoms with Gasteiger partial charge in [0, 0.05) is 19.5 Å². The van der Waals surface area contributed by atoms with Crippen LogP contribution in [0.1, 0.15) is 59.8 Å². The van der Waals surface area contributed by atoms with Gasteiger partial charge in [-0.25, -0.2) is 0 Å². The molecule has 0 fully saturated rings. The van der Waals surface area contributed by atoms with E-state index in [1.165, 1.54) is 0 Å². The Balaban J connectivity index is 4.28. The fraction of sp³-hybridized carbons (Fsp3) is 0.867. The van der Waals surface area contributed by atoms with Crippen molar-refractivity contribution in [2.75, 3.05) is 13.1 Å². The van der Waals surface area contributed by atoms with Gasteiger partial charge in [0.05, 0.1) is 5.41 Å². The number of hydrogen-bond acceptors (Lipinski definition) is 3. The first-order chi connectivity index (χ1) is 9.23. The van der Waals surface area contributed by atoms with Gasteiger partial charge in [-0.2, -0.15) is 0 Å². The molecule has 118 valence electrons. The van der Waals surface area contributed by atoms with Crippen molar-refractivity contribution in [3.05, 3.63) is 0 Å². The van der Waals surface area contributed by atoms with Gasteiger partial charge in [0.1, 0.15) is 0 Å². The highest BCUT2D eigenvalue weighted by atomic mass is 16.4. The summed E-state index contributed by atoms with van der Waals surface area (Å²) in [5.74, 6) is -0.764. The highest BCUT2D eigenvalue weighted by Crippen LogP contribution is 2.27. The van der Waals surface area contributed by atoms with Gasteiger partial charge >= 0.3 is 5.97 Å². The van der Waals surface area contributed by atoms with E-state index in [2.05, 4.69) is 5.32 Å². The minimum atomic E-state index is -0.777. The van der Waals surface area contributed by atoms with Crippen molar-refractivity contribution in [2.45, 2.75) is 59.8 Å². The van der Waals surface area contributed by atoms with Crippen LogP contribution in [0.3, 0.4) is 0 Å². The molecule has 5 nitrogen and oxygen atoms in total. The third-order valence-electron chi connectivity index (χ3n) is 4.33. The number of carbonyl (C=O) groups is 2. The van der Waals surface area contributed by atoms with Crippen LogP contribution >= 0.6 is 0 Å². The van der Waals surface area contributed by atoms with E-state index in [0.717, 1.165) is 19.3 Å². The largest absolute Gasteiger partial charge is 0.481 e. The van der Waals surface area contributed by atoms with Gasteiger partial charge in [0.15, 0.2) is 0 Å². The Kier molecular flexibility index (Phi) is 7.79. The van der Waals surface area contributed by atoms with E-state index in [4.69, 9.17) is 10.8 Å². The lowest BCUT2D eigenvalue weighted by molar-refractivity contribution is -0.137. The van der Waals surface area contributed by atoms with Gasteiger partial charge in [0.25, 0.3) is 0 Å². The number of hydrogen-bond donors (Lipinski definition) is 3. The fourth-order valence-electron chi connectivity index (χ4n) is 2.22. The number of amides is 1. The predicted molar refractivity (Wildman–Crippen MR) is 80.3 cm³/mol. The summed E-state index contributed by atoms with van der Waals surface area (Å²) in [5.41, 5.74) is 5.19. The van der Waals surface area contributed by atoms with Crippen LogP contribution in [0.4, 0.5) is 0 Å². The first kappa shape index (κ1) is 18.9. The molecular weight excluding hydrogens is 256 g/mol. The van der Waals surface area contributed by atoms with E-state index in [0.29, 0.717) is 19.5 Å². The molecule has 0 rings (SSSR count). The quantitative estimate of drug-likeness (QED) is 0.573. The van der Waals surface area contributed by atoms with Crippen molar-refractivity contribution >= 4 is 11.9 Å². The number of nitrogens with two attached hydrogens (primary N) is 1.